The first-order valence-electron chi connectivity index (χ1n) is 6.70. The zero-order chi connectivity index (χ0) is 15.6. The molecule has 1 aromatic rings. The van der Waals surface area contributed by atoms with Gasteiger partial charge >= 0.3 is 0 Å². The van der Waals surface area contributed by atoms with Crippen molar-refractivity contribution >= 4 is 17.5 Å². The average Bonchev–Trinajstić information content (AvgIpc) is 2.43. The third-order valence-corrected chi connectivity index (χ3v) is 3.52. The number of carbonyl (C=O) groups is 2. The van der Waals surface area contributed by atoms with E-state index in [0.29, 0.717) is 25.9 Å². The number of nitrogen functional groups attached to an aromatic ring is 1. The largest absolute Gasteiger partial charge is 0.396 e. The summed E-state index contributed by atoms with van der Waals surface area (Å²) in [6.45, 7) is 2.09. The van der Waals surface area contributed by atoms with E-state index in [-0.39, 0.29) is 17.6 Å². The summed E-state index contributed by atoms with van der Waals surface area (Å²) < 4.78 is 27.5. The number of halogens is 2. The fourth-order valence-corrected chi connectivity index (χ4v) is 2.44. The predicted octanol–water partition coefficient (Wildman–Crippen LogP) is 1.29. The molecular formula is C14H17F2N3O2. The molecule has 2 rings (SSSR count). The second-order valence-corrected chi connectivity index (χ2v) is 5.09. The van der Waals surface area contributed by atoms with Gasteiger partial charge in [0.2, 0.25) is 5.91 Å². The number of benzene rings is 1. The van der Waals surface area contributed by atoms with E-state index in [9.17, 15) is 18.4 Å². The molecule has 0 aromatic heterocycles. The van der Waals surface area contributed by atoms with Crippen molar-refractivity contribution in [3.63, 3.8) is 0 Å². The molecule has 0 atom stereocenters. The maximum absolute atomic E-state index is 13.8. The van der Waals surface area contributed by atoms with Crippen molar-refractivity contribution in [3.8, 4) is 0 Å². The molecule has 0 spiro atoms. The lowest BCUT2D eigenvalue weighted by Gasteiger charge is -2.32. The van der Waals surface area contributed by atoms with E-state index in [1.54, 1.807) is 0 Å². The highest BCUT2D eigenvalue weighted by Gasteiger charge is 2.28. The molecule has 1 aromatic carbocycles. The number of nitrogens with one attached hydrogen (secondary N) is 1. The lowest BCUT2D eigenvalue weighted by atomic mass is 10.0. The highest BCUT2D eigenvalue weighted by molar-refractivity contribution is 5.95. The van der Waals surface area contributed by atoms with E-state index in [4.69, 9.17) is 5.73 Å². The number of amides is 2. The van der Waals surface area contributed by atoms with Crippen LogP contribution in [0.3, 0.4) is 0 Å². The molecule has 1 saturated heterocycles. The normalized spacial score (nSPS) is 15.9. The number of likely N-dealkylation sites (tertiary alicyclic amines) is 1. The smallest absolute Gasteiger partial charge is 0.259 e. The van der Waals surface area contributed by atoms with Crippen LogP contribution in [0.25, 0.3) is 0 Å². The fraction of sp³-hybridized carbons (Fsp3) is 0.429. The molecule has 0 unspecified atom stereocenters. The first kappa shape index (κ1) is 15.2. The van der Waals surface area contributed by atoms with Crippen LogP contribution in [0.15, 0.2) is 12.1 Å². The summed E-state index contributed by atoms with van der Waals surface area (Å²) in [5.74, 6) is -2.79. The first-order valence-corrected chi connectivity index (χ1v) is 6.70. The molecule has 7 heteroatoms. The van der Waals surface area contributed by atoms with Crippen LogP contribution >= 0.6 is 0 Å². The van der Waals surface area contributed by atoms with Crippen molar-refractivity contribution in [3.05, 3.63) is 29.3 Å². The third kappa shape index (κ3) is 3.29. The number of carbonyl (C=O) groups excluding carboxylic acids is 2. The highest BCUT2D eigenvalue weighted by Crippen LogP contribution is 2.22. The Labute approximate surface area is 121 Å². The topological polar surface area (TPSA) is 75.4 Å². The molecule has 1 heterocycles. The first-order chi connectivity index (χ1) is 9.90. The van der Waals surface area contributed by atoms with Gasteiger partial charge in [-0.05, 0) is 25.0 Å². The van der Waals surface area contributed by atoms with Gasteiger partial charge in [0.25, 0.3) is 5.91 Å². The Bertz CT molecular complexity index is 570. The number of anilines is 1. The summed E-state index contributed by atoms with van der Waals surface area (Å²) in [6, 6.07) is 2.06. The molecule has 0 bridgehead atoms. The molecule has 0 aliphatic carbocycles. The molecule has 2 amide bonds. The van der Waals surface area contributed by atoms with E-state index in [0.717, 1.165) is 12.1 Å². The molecule has 5 nitrogen and oxygen atoms in total. The van der Waals surface area contributed by atoms with Crippen molar-refractivity contribution < 1.29 is 18.4 Å². The number of hydrogen-bond donors (Lipinski definition) is 2. The van der Waals surface area contributed by atoms with Gasteiger partial charge in [0.1, 0.15) is 11.4 Å². The molecule has 3 N–H and O–H groups in total. The summed E-state index contributed by atoms with van der Waals surface area (Å²) >= 11 is 0. The molecular weight excluding hydrogens is 280 g/mol. The van der Waals surface area contributed by atoms with Gasteiger partial charge in [-0.15, -0.1) is 0 Å². The van der Waals surface area contributed by atoms with Crippen LogP contribution < -0.4 is 11.1 Å². The summed E-state index contributed by atoms with van der Waals surface area (Å²) in [5.41, 5.74) is 4.50. The Kier molecular flexibility index (Phi) is 4.40. The predicted molar refractivity (Wildman–Crippen MR) is 73.5 cm³/mol. The van der Waals surface area contributed by atoms with Crippen LogP contribution in [0.1, 0.15) is 30.1 Å². The van der Waals surface area contributed by atoms with Gasteiger partial charge in [0.15, 0.2) is 5.82 Å². The van der Waals surface area contributed by atoms with Crippen LogP contribution in [0, 0.1) is 11.6 Å². The summed E-state index contributed by atoms with van der Waals surface area (Å²) in [4.78, 5) is 24.6. The lowest BCUT2D eigenvalue weighted by molar-refractivity contribution is -0.119. The Morgan fingerprint density at radius 3 is 2.48 bits per heavy atom. The Morgan fingerprint density at radius 2 is 1.90 bits per heavy atom. The zero-order valence-electron chi connectivity index (χ0n) is 11.7. The Balaban J connectivity index is 2.09. The highest BCUT2D eigenvalue weighted by atomic mass is 19.1. The summed E-state index contributed by atoms with van der Waals surface area (Å²) in [7, 11) is 0. The Morgan fingerprint density at radius 1 is 1.29 bits per heavy atom. The SMILES string of the molecule is CC(=O)NC1CCN(C(=O)c2c(F)ccc(N)c2F)CC1. The minimum absolute atomic E-state index is 0.0120. The number of hydrogen-bond acceptors (Lipinski definition) is 3. The van der Waals surface area contributed by atoms with Crippen LogP contribution in [0.4, 0.5) is 14.5 Å². The third-order valence-electron chi connectivity index (χ3n) is 3.52. The van der Waals surface area contributed by atoms with Gasteiger partial charge in [0, 0.05) is 26.1 Å². The van der Waals surface area contributed by atoms with Crippen LogP contribution in [-0.4, -0.2) is 35.8 Å². The van der Waals surface area contributed by atoms with Gasteiger partial charge in [-0.3, -0.25) is 9.59 Å². The van der Waals surface area contributed by atoms with Crippen LogP contribution in [0.2, 0.25) is 0 Å². The number of nitrogens with two attached hydrogens (primary N) is 1. The quantitative estimate of drug-likeness (QED) is 0.808. The molecule has 1 fully saturated rings. The Hall–Kier alpha value is -2.18. The van der Waals surface area contributed by atoms with Crippen molar-refractivity contribution in [2.24, 2.45) is 0 Å². The minimum atomic E-state index is -1.02. The van der Waals surface area contributed by atoms with E-state index >= 15 is 0 Å². The van der Waals surface area contributed by atoms with Gasteiger partial charge in [0.05, 0.1) is 5.69 Å². The maximum atomic E-state index is 13.8. The number of piperidine rings is 1. The molecule has 114 valence electrons. The maximum Gasteiger partial charge on any atom is 0.259 e. The summed E-state index contributed by atoms with van der Waals surface area (Å²) in [5, 5.41) is 2.77. The standard InChI is InChI=1S/C14H17F2N3O2/c1-8(20)18-9-4-6-19(7-5-9)14(21)12-10(15)2-3-11(17)13(12)16/h2-3,9H,4-7,17H2,1H3,(H,18,20). The van der Waals surface area contributed by atoms with Crippen molar-refractivity contribution in [1.82, 2.24) is 10.2 Å². The lowest BCUT2D eigenvalue weighted by Crippen LogP contribution is -2.46. The van der Waals surface area contributed by atoms with Crippen molar-refractivity contribution in [2.45, 2.75) is 25.8 Å². The molecule has 1 aliphatic heterocycles. The van der Waals surface area contributed by atoms with Gasteiger partial charge in [-0.2, -0.15) is 0 Å². The average molecular weight is 297 g/mol. The molecule has 1 aliphatic rings. The van der Waals surface area contributed by atoms with Crippen molar-refractivity contribution in [1.29, 1.82) is 0 Å². The van der Waals surface area contributed by atoms with Gasteiger partial charge in [-0.1, -0.05) is 0 Å². The van der Waals surface area contributed by atoms with E-state index < -0.39 is 23.1 Å². The number of rotatable bonds is 2. The second kappa shape index (κ2) is 6.07. The van der Waals surface area contributed by atoms with Crippen LogP contribution in [0.5, 0.6) is 0 Å². The summed E-state index contributed by atoms with van der Waals surface area (Å²) in [6.07, 6.45) is 1.10. The van der Waals surface area contributed by atoms with E-state index in [1.165, 1.54) is 11.8 Å². The molecule has 21 heavy (non-hydrogen) atoms. The second-order valence-electron chi connectivity index (χ2n) is 5.09. The van der Waals surface area contributed by atoms with Gasteiger partial charge in [-0.25, -0.2) is 8.78 Å². The number of nitrogens with zero attached hydrogens (tertiary/aromatic N) is 1. The molecule has 0 radical (unpaired) electrons. The fourth-order valence-electron chi connectivity index (χ4n) is 2.44. The van der Waals surface area contributed by atoms with Gasteiger partial charge < -0.3 is 16.0 Å². The monoisotopic (exact) mass is 297 g/mol. The van der Waals surface area contributed by atoms with E-state index in [1.807, 2.05) is 0 Å². The van der Waals surface area contributed by atoms with Crippen LogP contribution in [-0.2, 0) is 4.79 Å². The molecule has 0 saturated carbocycles. The van der Waals surface area contributed by atoms with Crippen molar-refractivity contribution in [2.75, 3.05) is 18.8 Å². The zero-order valence-corrected chi connectivity index (χ0v) is 11.7. The minimum Gasteiger partial charge on any atom is -0.396 e. The van der Waals surface area contributed by atoms with E-state index in [2.05, 4.69) is 5.32 Å².